The summed E-state index contributed by atoms with van der Waals surface area (Å²) in [6.07, 6.45) is -3.49. The molecular weight excluding hydrogens is 221 g/mol. The van der Waals surface area contributed by atoms with E-state index in [1.807, 2.05) is 0 Å². The SMILES string of the molecule is CC(N)(CO)Cc1cccnc1C(F)(F)F. The van der Waals surface area contributed by atoms with Crippen LogP contribution in [0.2, 0.25) is 0 Å². The van der Waals surface area contributed by atoms with Gasteiger partial charge in [-0.15, -0.1) is 0 Å². The molecule has 1 aromatic rings. The van der Waals surface area contributed by atoms with Gasteiger partial charge in [-0.1, -0.05) is 6.07 Å². The maximum Gasteiger partial charge on any atom is 0.433 e. The molecular formula is C10H13F3N2O. The molecule has 0 radical (unpaired) electrons. The van der Waals surface area contributed by atoms with Crippen molar-refractivity contribution in [1.82, 2.24) is 4.98 Å². The van der Waals surface area contributed by atoms with Crippen molar-refractivity contribution in [1.29, 1.82) is 0 Å². The fourth-order valence-electron chi connectivity index (χ4n) is 1.33. The predicted molar refractivity (Wildman–Crippen MR) is 52.6 cm³/mol. The fourth-order valence-corrected chi connectivity index (χ4v) is 1.33. The number of halogens is 3. The molecule has 0 aliphatic carbocycles. The zero-order valence-corrected chi connectivity index (χ0v) is 8.75. The molecule has 0 saturated carbocycles. The van der Waals surface area contributed by atoms with Gasteiger partial charge in [0.2, 0.25) is 0 Å². The maximum absolute atomic E-state index is 12.6. The second-order valence-electron chi connectivity index (χ2n) is 4.00. The second-order valence-corrected chi connectivity index (χ2v) is 4.00. The van der Waals surface area contributed by atoms with Crippen LogP contribution >= 0.6 is 0 Å². The average Bonchev–Trinajstić information content (AvgIpc) is 2.16. The van der Waals surface area contributed by atoms with Crippen LogP contribution in [0.15, 0.2) is 18.3 Å². The quantitative estimate of drug-likeness (QED) is 0.830. The molecule has 0 saturated heterocycles. The van der Waals surface area contributed by atoms with Crippen LogP contribution in [0.4, 0.5) is 13.2 Å². The third kappa shape index (κ3) is 3.18. The number of pyridine rings is 1. The van der Waals surface area contributed by atoms with Gasteiger partial charge in [-0.3, -0.25) is 4.98 Å². The Bertz CT molecular complexity index is 363. The Morgan fingerprint density at radius 2 is 2.06 bits per heavy atom. The molecule has 1 rings (SSSR count). The first-order valence-corrected chi connectivity index (χ1v) is 4.67. The Morgan fingerprint density at radius 1 is 1.44 bits per heavy atom. The lowest BCUT2D eigenvalue weighted by Gasteiger charge is -2.23. The summed E-state index contributed by atoms with van der Waals surface area (Å²) in [6, 6.07) is 2.73. The van der Waals surface area contributed by atoms with Crippen LogP contribution in [0.25, 0.3) is 0 Å². The van der Waals surface area contributed by atoms with Gasteiger partial charge in [-0.05, 0) is 25.0 Å². The van der Waals surface area contributed by atoms with Crippen molar-refractivity contribution in [2.24, 2.45) is 5.73 Å². The van der Waals surface area contributed by atoms with Crippen molar-refractivity contribution in [2.45, 2.75) is 25.1 Å². The molecule has 90 valence electrons. The van der Waals surface area contributed by atoms with Crippen LogP contribution in [-0.4, -0.2) is 22.2 Å². The lowest BCUT2D eigenvalue weighted by Crippen LogP contribution is -2.42. The standard InChI is InChI=1S/C10H13F3N2O/c1-9(14,6-16)5-7-3-2-4-15-8(7)10(11,12)13/h2-4,16H,5-6,14H2,1H3. The summed E-state index contributed by atoms with van der Waals surface area (Å²) < 4.78 is 37.7. The Labute approximate surface area is 91.1 Å². The molecule has 0 bridgehead atoms. The third-order valence-electron chi connectivity index (χ3n) is 2.12. The molecule has 6 heteroatoms. The van der Waals surface area contributed by atoms with Crippen molar-refractivity contribution in [3.63, 3.8) is 0 Å². The predicted octanol–water partition coefficient (Wildman–Crippen LogP) is 1.35. The first kappa shape index (κ1) is 12.9. The number of alkyl halides is 3. The van der Waals surface area contributed by atoms with Gasteiger partial charge in [0.15, 0.2) is 0 Å². The van der Waals surface area contributed by atoms with Crippen LogP contribution in [0, 0.1) is 0 Å². The minimum Gasteiger partial charge on any atom is -0.394 e. The average molecular weight is 234 g/mol. The summed E-state index contributed by atoms with van der Waals surface area (Å²) >= 11 is 0. The molecule has 1 atom stereocenters. The van der Waals surface area contributed by atoms with Crippen molar-refractivity contribution in [2.75, 3.05) is 6.61 Å². The summed E-state index contributed by atoms with van der Waals surface area (Å²) in [6.45, 7) is 1.10. The van der Waals surface area contributed by atoms with E-state index < -0.39 is 17.4 Å². The molecule has 0 spiro atoms. The van der Waals surface area contributed by atoms with Gasteiger partial charge < -0.3 is 10.8 Å². The van der Waals surface area contributed by atoms with E-state index in [4.69, 9.17) is 10.8 Å². The monoisotopic (exact) mass is 234 g/mol. The van der Waals surface area contributed by atoms with E-state index in [0.717, 1.165) is 6.20 Å². The molecule has 0 amide bonds. The third-order valence-corrected chi connectivity index (χ3v) is 2.12. The normalized spacial score (nSPS) is 15.9. The first-order chi connectivity index (χ1) is 7.26. The van der Waals surface area contributed by atoms with Crippen LogP contribution in [0.3, 0.4) is 0 Å². The fraction of sp³-hybridized carbons (Fsp3) is 0.500. The minimum atomic E-state index is -4.50. The van der Waals surface area contributed by atoms with E-state index in [1.165, 1.54) is 19.1 Å². The van der Waals surface area contributed by atoms with E-state index in [1.54, 1.807) is 0 Å². The number of aromatic nitrogens is 1. The van der Waals surface area contributed by atoms with Crippen molar-refractivity contribution < 1.29 is 18.3 Å². The molecule has 0 aliphatic heterocycles. The molecule has 3 nitrogen and oxygen atoms in total. The van der Waals surface area contributed by atoms with Crippen molar-refractivity contribution in [3.05, 3.63) is 29.6 Å². The Balaban J connectivity index is 3.06. The second kappa shape index (κ2) is 4.39. The number of aliphatic hydroxyl groups is 1. The zero-order chi connectivity index (χ0) is 12.4. The molecule has 0 fully saturated rings. The highest BCUT2D eigenvalue weighted by Crippen LogP contribution is 2.31. The number of hydrogen-bond acceptors (Lipinski definition) is 3. The van der Waals surface area contributed by atoms with Gasteiger partial charge >= 0.3 is 6.18 Å². The lowest BCUT2D eigenvalue weighted by molar-refractivity contribution is -0.141. The first-order valence-electron chi connectivity index (χ1n) is 4.67. The molecule has 1 unspecified atom stereocenters. The van der Waals surface area contributed by atoms with Crippen LogP contribution < -0.4 is 5.73 Å². The van der Waals surface area contributed by atoms with E-state index in [9.17, 15) is 13.2 Å². The summed E-state index contributed by atoms with van der Waals surface area (Å²) in [7, 11) is 0. The summed E-state index contributed by atoms with van der Waals surface area (Å²) in [4.78, 5) is 3.31. The van der Waals surface area contributed by atoms with Crippen LogP contribution in [-0.2, 0) is 12.6 Å². The maximum atomic E-state index is 12.6. The topological polar surface area (TPSA) is 59.1 Å². The molecule has 0 aliphatic rings. The largest absolute Gasteiger partial charge is 0.433 e. The van der Waals surface area contributed by atoms with Gasteiger partial charge in [0, 0.05) is 11.7 Å². The van der Waals surface area contributed by atoms with Gasteiger partial charge in [0.1, 0.15) is 5.69 Å². The van der Waals surface area contributed by atoms with Gasteiger partial charge in [0.05, 0.1) is 6.61 Å². The summed E-state index contributed by atoms with van der Waals surface area (Å²) in [5.41, 5.74) is 3.58. The highest BCUT2D eigenvalue weighted by atomic mass is 19.4. The number of aliphatic hydroxyl groups excluding tert-OH is 1. The number of nitrogens with zero attached hydrogens (tertiary/aromatic N) is 1. The molecule has 1 aromatic heterocycles. The highest BCUT2D eigenvalue weighted by molar-refractivity contribution is 5.24. The van der Waals surface area contributed by atoms with E-state index in [2.05, 4.69) is 4.98 Å². The smallest absolute Gasteiger partial charge is 0.394 e. The van der Waals surface area contributed by atoms with Crippen molar-refractivity contribution >= 4 is 0 Å². The van der Waals surface area contributed by atoms with Crippen molar-refractivity contribution in [3.8, 4) is 0 Å². The summed E-state index contributed by atoms with van der Waals surface area (Å²) in [5.74, 6) is 0. The molecule has 0 aromatic carbocycles. The van der Waals surface area contributed by atoms with Gasteiger partial charge in [-0.2, -0.15) is 13.2 Å². The Morgan fingerprint density at radius 3 is 2.56 bits per heavy atom. The van der Waals surface area contributed by atoms with E-state index in [0.29, 0.717) is 0 Å². The number of nitrogens with two attached hydrogens (primary N) is 1. The number of rotatable bonds is 3. The van der Waals surface area contributed by atoms with Gasteiger partial charge in [-0.25, -0.2) is 0 Å². The Hall–Kier alpha value is -1.14. The molecule has 16 heavy (non-hydrogen) atoms. The number of hydrogen-bond donors (Lipinski definition) is 2. The summed E-state index contributed by atoms with van der Waals surface area (Å²) in [5, 5.41) is 8.92. The van der Waals surface area contributed by atoms with E-state index in [-0.39, 0.29) is 18.6 Å². The lowest BCUT2D eigenvalue weighted by atomic mass is 9.94. The molecule has 1 heterocycles. The highest BCUT2D eigenvalue weighted by Gasteiger charge is 2.36. The van der Waals surface area contributed by atoms with E-state index >= 15 is 0 Å². The molecule has 3 N–H and O–H groups in total. The van der Waals surface area contributed by atoms with Crippen LogP contribution in [0.1, 0.15) is 18.2 Å². The van der Waals surface area contributed by atoms with Crippen LogP contribution in [0.5, 0.6) is 0 Å². The zero-order valence-electron chi connectivity index (χ0n) is 8.75. The van der Waals surface area contributed by atoms with Gasteiger partial charge in [0.25, 0.3) is 0 Å². The Kier molecular flexibility index (Phi) is 3.54. The minimum absolute atomic E-state index is 0.00551.